The molecule has 0 spiro atoms. The normalized spacial score (nSPS) is 12.1. The summed E-state index contributed by atoms with van der Waals surface area (Å²) in [4.78, 5) is 11.5. The van der Waals surface area contributed by atoms with Gasteiger partial charge in [0.05, 0.1) is 16.3 Å². The highest BCUT2D eigenvalue weighted by Crippen LogP contribution is 2.34. The van der Waals surface area contributed by atoms with Crippen LogP contribution in [0.4, 0.5) is 13.2 Å². The third kappa shape index (κ3) is 3.75. The minimum absolute atomic E-state index is 0.0125. The van der Waals surface area contributed by atoms with Crippen molar-refractivity contribution in [2.45, 2.75) is 11.1 Å². The van der Waals surface area contributed by atoms with E-state index in [2.05, 4.69) is 5.10 Å². The molecular formula is C17H13F3N4O3S. The van der Waals surface area contributed by atoms with E-state index < -0.39 is 27.8 Å². The first-order valence-corrected chi connectivity index (χ1v) is 9.23. The number of nitrogens with two attached hydrogens (primary N) is 2. The number of hydrogen-bond acceptors (Lipinski definition) is 4. The SMILES string of the molecule is NC(=O)c1ccccc1-c1cc(C(F)(F)F)nn1-c1ccc(S(N)(=O)=O)cc1. The lowest BCUT2D eigenvalue weighted by Gasteiger charge is -2.10. The molecule has 0 atom stereocenters. The van der Waals surface area contributed by atoms with Gasteiger partial charge in [0.15, 0.2) is 5.69 Å². The Labute approximate surface area is 157 Å². The van der Waals surface area contributed by atoms with Gasteiger partial charge in [-0.05, 0) is 36.4 Å². The Kier molecular flexibility index (Phi) is 4.73. The number of benzene rings is 2. The highest BCUT2D eigenvalue weighted by atomic mass is 32.2. The van der Waals surface area contributed by atoms with Crippen molar-refractivity contribution in [3.63, 3.8) is 0 Å². The molecule has 1 amide bonds. The summed E-state index contributed by atoms with van der Waals surface area (Å²) in [7, 11) is -3.97. The van der Waals surface area contributed by atoms with E-state index in [0.29, 0.717) is 0 Å². The molecule has 11 heteroatoms. The minimum Gasteiger partial charge on any atom is -0.366 e. The van der Waals surface area contributed by atoms with E-state index in [4.69, 9.17) is 10.9 Å². The largest absolute Gasteiger partial charge is 0.435 e. The molecule has 2 aromatic carbocycles. The van der Waals surface area contributed by atoms with E-state index in [1.54, 1.807) is 0 Å². The van der Waals surface area contributed by atoms with Gasteiger partial charge >= 0.3 is 6.18 Å². The molecule has 0 saturated carbocycles. The summed E-state index contributed by atoms with van der Waals surface area (Å²) in [5, 5.41) is 8.61. The van der Waals surface area contributed by atoms with Crippen molar-refractivity contribution in [3.05, 3.63) is 65.9 Å². The van der Waals surface area contributed by atoms with Crippen LogP contribution in [0.1, 0.15) is 16.1 Å². The predicted molar refractivity (Wildman–Crippen MR) is 93.9 cm³/mol. The lowest BCUT2D eigenvalue weighted by atomic mass is 10.0. The molecule has 3 aromatic rings. The van der Waals surface area contributed by atoms with Crippen LogP contribution in [0, 0.1) is 0 Å². The molecule has 7 nitrogen and oxygen atoms in total. The number of amides is 1. The van der Waals surface area contributed by atoms with Gasteiger partial charge in [0, 0.05) is 11.1 Å². The number of carbonyl (C=O) groups excluding carboxylic acids is 1. The smallest absolute Gasteiger partial charge is 0.366 e. The van der Waals surface area contributed by atoms with Crippen molar-refractivity contribution in [2.75, 3.05) is 0 Å². The van der Waals surface area contributed by atoms with Crippen LogP contribution in [0.5, 0.6) is 0 Å². The summed E-state index contributed by atoms with van der Waals surface area (Å²) in [5.74, 6) is -0.818. The standard InChI is InChI=1S/C17H13F3N4O3S/c18-17(19,20)15-9-14(12-3-1-2-4-13(12)16(21)25)24(23-15)10-5-7-11(8-6-10)28(22,26)27/h1-9H,(H2,21,25)(H2,22,26,27). The lowest BCUT2D eigenvalue weighted by molar-refractivity contribution is -0.141. The Hall–Kier alpha value is -3.18. The summed E-state index contributed by atoms with van der Waals surface area (Å²) in [5.41, 5.74) is 4.41. The van der Waals surface area contributed by atoms with Gasteiger partial charge in [0.2, 0.25) is 15.9 Å². The van der Waals surface area contributed by atoms with E-state index in [1.165, 1.54) is 36.4 Å². The van der Waals surface area contributed by atoms with Crippen molar-refractivity contribution in [2.24, 2.45) is 10.9 Å². The first-order valence-electron chi connectivity index (χ1n) is 7.68. The number of alkyl halides is 3. The highest BCUT2D eigenvalue weighted by molar-refractivity contribution is 7.89. The van der Waals surface area contributed by atoms with Crippen molar-refractivity contribution in [3.8, 4) is 16.9 Å². The zero-order valence-corrected chi connectivity index (χ0v) is 14.8. The number of nitrogens with zero attached hydrogens (tertiary/aromatic N) is 2. The van der Waals surface area contributed by atoms with Crippen molar-refractivity contribution >= 4 is 15.9 Å². The monoisotopic (exact) mass is 410 g/mol. The first-order chi connectivity index (χ1) is 13.0. The van der Waals surface area contributed by atoms with Crippen molar-refractivity contribution < 1.29 is 26.4 Å². The minimum atomic E-state index is -4.73. The topological polar surface area (TPSA) is 121 Å². The number of rotatable bonds is 4. The fraction of sp³-hybridized carbons (Fsp3) is 0.0588. The Balaban J connectivity index is 2.25. The maximum Gasteiger partial charge on any atom is 0.435 e. The molecule has 3 rings (SSSR count). The van der Waals surface area contributed by atoms with Crippen LogP contribution >= 0.6 is 0 Å². The van der Waals surface area contributed by atoms with Gasteiger partial charge in [0.25, 0.3) is 0 Å². The second kappa shape index (κ2) is 6.77. The van der Waals surface area contributed by atoms with Crippen LogP contribution in [-0.2, 0) is 16.2 Å². The number of halogens is 3. The van der Waals surface area contributed by atoms with Gasteiger partial charge in [-0.3, -0.25) is 4.79 Å². The number of carbonyl (C=O) groups is 1. The molecule has 146 valence electrons. The fourth-order valence-electron chi connectivity index (χ4n) is 2.61. The van der Waals surface area contributed by atoms with E-state index in [-0.39, 0.29) is 27.4 Å². The van der Waals surface area contributed by atoms with Gasteiger partial charge in [-0.2, -0.15) is 18.3 Å². The molecule has 0 saturated heterocycles. The summed E-state index contributed by atoms with van der Waals surface area (Å²) < 4.78 is 63.4. The Morgan fingerprint density at radius 1 is 1.04 bits per heavy atom. The molecule has 1 heterocycles. The maximum absolute atomic E-state index is 13.2. The highest BCUT2D eigenvalue weighted by Gasteiger charge is 2.35. The number of sulfonamides is 1. The maximum atomic E-state index is 13.2. The zero-order chi connectivity index (χ0) is 20.7. The second-order valence-corrected chi connectivity index (χ2v) is 7.33. The summed E-state index contributed by atoms with van der Waals surface area (Å²) in [6.07, 6.45) is -4.73. The van der Waals surface area contributed by atoms with Crippen LogP contribution in [0.25, 0.3) is 16.9 Å². The molecular weight excluding hydrogens is 397 g/mol. The van der Waals surface area contributed by atoms with Gasteiger partial charge in [0.1, 0.15) is 0 Å². The number of primary amides is 1. The molecule has 0 unspecified atom stereocenters. The average molecular weight is 410 g/mol. The molecule has 0 aliphatic carbocycles. The second-order valence-electron chi connectivity index (χ2n) is 5.77. The van der Waals surface area contributed by atoms with Gasteiger partial charge in [-0.15, -0.1) is 0 Å². The molecule has 0 radical (unpaired) electrons. The third-order valence-electron chi connectivity index (χ3n) is 3.88. The summed E-state index contributed by atoms with van der Waals surface area (Å²) in [6.45, 7) is 0. The first kappa shape index (κ1) is 19.6. The zero-order valence-electron chi connectivity index (χ0n) is 14.0. The lowest BCUT2D eigenvalue weighted by Crippen LogP contribution is -2.13. The summed E-state index contributed by atoms with van der Waals surface area (Å²) in [6, 6.07) is 11.5. The predicted octanol–water partition coefficient (Wildman–Crippen LogP) is 2.30. The molecule has 0 aliphatic heterocycles. The number of primary sulfonamides is 1. The Morgan fingerprint density at radius 3 is 2.18 bits per heavy atom. The van der Waals surface area contributed by atoms with Crippen molar-refractivity contribution in [1.29, 1.82) is 0 Å². The molecule has 0 aliphatic rings. The van der Waals surface area contributed by atoms with Crippen molar-refractivity contribution in [1.82, 2.24) is 9.78 Å². The molecule has 0 fully saturated rings. The number of aromatic nitrogens is 2. The molecule has 4 N–H and O–H groups in total. The van der Waals surface area contributed by atoms with E-state index in [9.17, 15) is 26.4 Å². The Morgan fingerprint density at radius 2 is 1.64 bits per heavy atom. The van der Waals surface area contributed by atoms with Gasteiger partial charge in [-0.1, -0.05) is 18.2 Å². The third-order valence-corrected chi connectivity index (χ3v) is 4.81. The van der Waals surface area contributed by atoms with Crippen LogP contribution in [0.15, 0.2) is 59.5 Å². The van der Waals surface area contributed by atoms with Gasteiger partial charge < -0.3 is 5.73 Å². The average Bonchev–Trinajstić information content (AvgIpc) is 3.06. The molecule has 28 heavy (non-hydrogen) atoms. The van der Waals surface area contributed by atoms with E-state index in [1.807, 2.05) is 0 Å². The van der Waals surface area contributed by atoms with Crippen LogP contribution in [0.2, 0.25) is 0 Å². The van der Waals surface area contributed by atoms with Crippen LogP contribution in [0.3, 0.4) is 0 Å². The van der Waals surface area contributed by atoms with Crippen LogP contribution < -0.4 is 10.9 Å². The van der Waals surface area contributed by atoms with Gasteiger partial charge in [-0.25, -0.2) is 18.2 Å². The number of hydrogen-bond donors (Lipinski definition) is 2. The molecule has 0 bridgehead atoms. The Bertz CT molecular complexity index is 1150. The van der Waals surface area contributed by atoms with Crippen LogP contribution in [-0.4, -0.2) is 24.1 Å². The van der Waals surface area contributed by atoms with E-state index in [0.717, 1.165) is 22.9 Å². The summed E-state index contributed by atoms with van der Waals surface area (Å²) >= 11 is 0. The molecule has 1 aromatic heterocycles. The fourth-order valence-corrected chi connectivity index (χ4v) is 3.12. The van der Waals surface area contributed by atoms with E-state index >= 15 is 0 Å². The quantitative estimate of drug-likeness (QED) is 0.685.